The van der Waals surface area contributed by atoms with Crippen LogP contribution in [-0.2, 0) is 0 Å². The van der Waals surface area contributed by atoms with Gasteiger partial charge in [0.1, 0.15) is 0 Å². The Morgan fingerprint density at radius 3 is 0.721 bits per heavy atom. The normalized spacial score (nSPS) is 11.8. The molecule has 0 unspecified atom stereocenters. The molecule has 4 nitrogen and oxygen atoms in total. The van der Waals surface area contributed by atoms with Crippen molar-refractivity contribution in [3.05, 3.63) is 425 Å². The molecule has 490 valence electrons. The molecular weight excluding hydrogens is 1290 g/mol. The molecule has 0 saturated carbocycles. The number of anilines is 6. The number of rotatable bonds is 16. The van der Waals surface area contributed by atoms with Crippen LogP contribution in [0, 0.1) is 0 Å². The number of aromatic nitrogens is 2. The smallest absolute Gasteiger partial charge is 0.179 e. The number of benzene rings is 17. The van der Waals surface area contributed by atoms with Gasteiger partial charge in [-0.2, -0.15) is 0 Å². The summed E-state index contributed by atoms with van der Waals surface area (Å²) in [5.41, 5.74) is 13.1. The molecule has 17 aromatic carbocycles. The zero-order valence-corrected chi connectivity index (χ0v) is 59.2. The van der Waals surface area contributed by atoms with Crippen molar-refractivity contribution in [3.63, 3.8) is 0 Å². The second-order valence-electron chi connectivity index (χ2n) is 27.2. The Bertz CT molecular complexity index is 5770. The Hall–Kier alpha value is -13.1. The zero-order valence-electron chi connectivity index (χ0n) is 57.2. The van der Waals surface area contributed by atoms with Gasteiger partial charge in [0.2, 0.25) is 0 Å². The summed E-state index contributed by atoms with van der Waals surface area (Å²) in [6.45, 7) is 0. The van der Waals surface area contributed by atoms with Crippen LogP contribution in [-0.4, -0.2) is 25.3 Å². The molecule has 0 atom stereocenters. The standard InChI is InChI=1S/C98H70N4Si2/c1-9-33-75(34-10-1)99(76-35-11-2-12-36-76)77-53-55-78(56-54-77)100(81-57-61-95-91(67-81)93-69-89(59-63-97(93)101(95)79-51-49-71-29-25-27-31-73(71)65-79)103(83-37-13-3-14-38-83,84-39-15-4-16-40-84)85-41-17-5-18-42-85)82-58-62-96-92(68-82)94-70-90(60-64-98(94)102(96)80-52-50-72-30-26-28-32-74(72)66-80)104(86-43-19-6-20-44-86,87-45-21-7-22-46-87)88-47-23-8-24-48-88/h1-70H. The number of hydrogen-bond acceptors (Lipinski definition) is 2. The minimum atomic E-state index is -3.00. The molecule has 19 aromatic rings. The van der Waals surface area contributed by atoms with Gasteiger partial charge in [-0.15, -0.1) is 0 Å². The third-order valence-electron chi connectivity index (χ3n) is 21.5. The third-order valence-corrected chi connectivity index (χ3v) is 31.0. The first-order valence-corrected chi connectivity index (χ1v) is 39.9. The summed E-state index contributed by atoms with van der Waals surface area (Å²) in [5, 5.41) is 20.1. The van der Waals surface area contributed by atoms with E-state index in [1.165, 1.54) is 73.8 Å². The van der Waals surface area contributed by atoms with Crippen LogP contribution in [0.1, 0.15) is 0 Å². The van der Waals surface area contributed by atoms with E-state index in [1.54, 1.807) is 0 Å². The van der Waals surface area contributed by atoms with E-state index >= 15 is 0 Å². The van der Waals surface area contributed by atoms with E-state index in [-0.39, 0.29) is 0 Å². The Morgan fingerprint density at radius 1 is 0.163 bits per heavy atom. The van der Waals surface area contributed by atoms with Crippen LogP contribution in [0.3, 0.4) is 0 Å². The lowest BCUT2D eigenvalue weighted by Crippen LogP contribution is -2.74. The Labute approximate surface area is 607 Å². The second kappa shape index (κ2) is 26.1. The van der Waals surface area contributed by atoms with Crippen molar-refractivity contribution in [1.82, 2.24) is 9.13 Å². The predicted octanol–water partition coefficient (Wildman–Crippen LogP) is 19.9. The molecule has 0 radical (unpaired) electrons. The van der Waals surface area contributed by atoms with E-state index in [0.29, 0.717) is 0 Å². The molecule has 0 spiro atoms. The van der Waals surface area contributed by atoms with E-state index in [1.807, 2.05) is 0 Å². The molecule has 0 saturated heterocycles. The predicted molar refractivity (Wildman–Crippen MR) is 447 cm³/mol. The highest BCUT2D eigenvalue weighted by Crippen LogP contribution is 2.45. The maximum absolute atomic E-state index is 3.00. The Morgan fingerprint density at radius 2 is 0.404 bits per heavy atom. The van der Waals surface area contributed by atoms with E-state index in [4.69, 9.17) is 0 Å². The van der Waals surface area contributed by atoms with E-state index in [2.05, 4.69) is 444 Å². The Balaban J connectivity index is 0.889. The molecule has 0 aliphatic heterocycles. The molecule has 0 fully saturated rings. The highest BCUT2D eigenvalue weighted by Gasteiger charge is 2.43. The Kier molecular flexibility index (Phi) is 15.6. The van der Waals surface area contributed by atoms with Gasteiger partial charge in [-0.3, -0.25) is 0 Å². The van der Waals surface area contributed by atoms with Crippen molar-refractivity contribution in [1.29, 1.82) is 0 Å². The van der Waals surface area contributed by atoms with Crippen LogP contribution in [0.4, 0.5) is 34.1 Å². The van der Waals surface area contributed by atoms with E-state index in [0.717, 1.165) is 78.3 Å². The number of nitrogens with zero attached hydrogens (tertiary/aromatic N) is 4. The van der Waals surface area contributed by atoms with Gasteiger partial charge in [0.15, 0.2) is 16.1 Å². The quantitative estimate of drug-likeness (QED) is 0.0708. The van der Waals surface area contributed by atoms with Crippen molar-refractivity contribution in [2.75, 3.05) is 9.80 Å². The number of fused-ring (bicyclic) bond motifs is 8. The van der Waals surface area contributed by atoms with Gasteiger partial charge in [0.05, 0.1) is 22.1 Å². The monoisotopic (exact) mass is 1360 g/mol. The minimum absolute atomic E-state index is 1.03. The third kappa shape index (κ3) is 10.4. The summed E-state index contributed by atoms with van der Waals surface area (Å²) in [4.78, 5) is 4.84. The lowest BCUT2D eigenvalue weighted by Gasteiger charge is -2.34. The van der Waals surface area contributed by atoms with Gasteiger partial charge in [-0.25, -0.2) is 0 Å². The SMILES string of the molecule is c1ccc(N(c2ccccc2)c2ccc(N(c3ccc4c(c3)c3cc([Si](c5ccccc5)(c5ccccc5)c5ccccc5)ccc3n4-c3ccc4ccccc4c3)c3ccc4c(c3)c3cc([Si](c5ccccc5)(c5ccccc5)c5ccccc5)ccc3n4-c3ccc4ccccc4c3)cc2)cc1. The molecule has 0 bridgehead atoms. The van der Waals surface area contributed by atoms with E-state index < -0.39 is 16.1 Å². The number of hydrogen-bond donors (Lipinski definition) is 0. The first-order chi connectivity index (χ1) is 51.6. The summed E-state index contributed by atoms with van der Waals surface area (Å²) < 4.78 is 4.99. The van der Waals surface area contributed by atoms with Gasteiger partial charge in [-0.1, -0.05) is 303 Å². The summed E-state index contributed by atoms with van der Waals surface area (Å²) in [5.74, 6) is 0. The minimum Gasteiger partial charge on any atom is -0.311 e. The van der Waals surface area contributed by atoms with Gasteiger partial charge < -0.3 is 18.9 Å². The van der Waals surface area contributed by atoms with Crippen LogP contribution in [0.25, 0.3) is 76.5 Å². The van der Waals surface area contributed by atoms with Gasteiger partial charge in [0.25, 0.3) is 0 Å². The molecule has 104 heavy (non-hydrogen) atoms. The second-order valence-corrected chi connectivity index (χ2v) is 34.8. The van der Waals surface area contributed by atoms with Crippen molar-refractivity contribution in [3.8, 4) is 11.4 Å². The van der Waals surface area contributed by atoms with Gasteiger partial charge in [0, 0.05) is 67.0 Å². The van der Waals surface area contributed by atoms with Gasteiger partial charge >= 0.3 is 0 Å². The first-order valence-electron chi connectivity index (χ1n) is 35.9. The molecule has 0 N–H and O–H groups in total. The lowest BCUT2D eigenvalue weighted by atomic mass is 10.1. The topological polar surface area (TPSA) is 16.3 Å². The van der Waals surface area contributed by atoms with Gasteiger partial charge in [-0.05, 0) is 184 Å². The highest BCUT2D eigenvalue weighted by molar-refractivity contribution is 7.20. The molecule has 0 amide bonds. The fourth-order valence-corrected chi connectivity index (χ4v) is 26.4. The fraction of sp³-hybridized carbons (Fsp3) is 0. The summed E-state index contributed by atoms with van der Waals surface area (Å²) in [7, 11) is -6.00. The average molecular weight is 1360 g/mol. The maximum Gasteiger partial charge on any atom is 0.179 e. The van der Waals surface area contributed by atoms with Crippen LogP contribution < -0.4 is 51.3 Å². The summed E-state index contributed by atoms with van der Waals surface area (Å²) in [6.07, 6.45) is 0. The van der Waals surface area contributed by atoms with Crippen molar-refractivity contribution < 1.29 is 0 Å². The van der Waals surface area contributed by atoms with Crippen LogP contribution in [0.15, 0.2) is 425 Å². The number of para-hydroxylation sites is 2. The molecule has 0 aliphatic carbocycles. The molecule has 19 rings (SSSR count). The van der Waals surface area contributed by atoms with Crippen LogP contribution >= 0.6 is 0 Å². The largest absolute Gasteiger partial charge is 0.311 e. The fourth-order valence-electron chi connectivity index (χ4n) is 16.9. The van der Waals surface area contributed by atoms with Crippen LogP contribution in [0.5, 0.6) is 0 Å². The molecule has 6 heteroatoms. The highest BCUT2D eigenvalue weighted by atomic mass is 28.3. The molecule has 2 aromatic heterocycles. The summed E-state index contributed by atoms with van der Waals surface area (Å²) >= 11 is 0. The maximum atomic E-state index is 2.56. The van der Waals surface area contributed by atoms with Crippen LogP contribution in [0.2, 0.25) is 0 Å². The van der Waals surface area contributed by atoms with Crippen molar-refractivity contribution in [2.45, 2.75) is 0 Å². The molecular formula is C98H70N4Si2. The lowest BCUT2D eigenvalue weighted by molar-refractivity contribution is 1.18. The van der Waals surface area contributed by atoms with Crippen molar-refractivity contribution >= 4 is 157 Å². The molecule has 2 heterocycles. The molecule has 0 aliphatic rings. The average Bonchev–Trinajstić information content (AvgIpc) is 1.43. The van der Waals surface area contributed by atoms with E-state index in [9.17, 15) is 0 Å². The zero-order chi connectivity index (χ0) is 69.0. The summed E-state index contributed by atoms with van der Waals surface area (Å²) in [6, 6.07) is 159. The first kappa shape index (κ1) is 61.9. The van der Waals surface area contributed by atoms with Crippen molar-refractivity contribution in [2.24, 2.45) is 0 Å².